The molecule has 0 spiro atoms. The molecule has 1 aromatic carbocycles. The molecule has 1 radical (unpaired) electrons. The van der Waals surface area contributed by atoms with Gasteiger partial charge in [0.05, 0.1) is 0 Å². The fourth-order valence-corrected chi connectivity index (χ4v) is 4.35. The first-order chi connectivity index (χ1) is 10.9. The number of unbranched alkanes of at least 4 members (excludes halogenated alkanes) is 8. The fourth-order valence-electron chi connectivity index (χ4n) is 2.39. The van der Waals surface area contributed by atoms with Gasteiger partial charge in [-0.25, -0.2) is 0 Å². The van der Waals surface area contributed by atoms with Crippen LogP contribution in [0.2, 0.25) is 0 Å². The second-order valence-corrected chi connectivity index (χ2v) is 8.27. The van der Waals surface area contributed by atoms with Gasteiger partial charge in [-0.05, 0) is 48.6 Å². The normalized spacial score (nSPS) is 11.0. The maximum absolute atomic E-state index is 3.31. The smallest absolute Gasteiger partial charge is 0.00892 e. The minimum atomic E-state index is 1.25. The van der Waals surface area contributed by atoms with Gasteiger partial charge in [-0.3, -0.25) is 0 Å². The zero-order valence-corrected chi connectivity index (χ0v) is 16.2. The molecule has 1 rings (SSSR count). The van der Waals surface area contributed by atoms with E-state index in [9.17, 15) is 0 Å². The molecule has 0 amide bonds. The lowest BCUT2D eigenvalue weighted by atomic mass is 10.2. The lowest BCUT2D eigenvalue weighted by Crippen LogP contribution is -1.84. The van der Waals surface area contributed by atoms with Gasteiger partial charge < -0.3 is 0 Å². The van der Waals surface area contributed by atoms with Crippen LogP contribution in [0.25, 0.3) is 0 Å². The van der Waals surface area contributed by atoms with Gasteiger partial charge in [-0.15, -0.1) is 23.5 Å². The lowest BCUT2D eigenvalue weighted by molar-refractivity contribution is 0.659. The first-order valence-corrected chi connectivity index (χ1v) is 11.1. The van der Waals surface area contributed by atoms with E-state index in [1.807, 2.05) is 23.5 Å². The van der Waals surface area contributed by atoms with E-state index in [1.54, 1.807) is 0 Å². The van der Waals surface area contributed by atoms with Crippen molar-refractivity contribution in [1.29, 1.82) is 0 Å². The Morgan fingerprint density at radius 3 is 1.59 bits per heavy atom. The van der Waals surface area contributed by atoms with Crippen LogP contribution in [0.4, 0.5) is 0 Å². The van der Waals surface area contributed by atoms with Gasteiger partial charge in [-0.2, -0.15) is 0 Å². The first-order valence-electron chi connectivity index (χ1n) is 9.13. The summed E-state index contributed by atoms with van der Waals surface area (Å²) in [5.74, 6) is 2.51. The van der Waals surface area contributed by atoms with Gasteiger partial charge >= 0.3 is 0 Å². The summed E-state index contributed by atoms with van der Waals surface area (Å²) in [5, 5.41) is 0. The van der Waals surface area contributed by atoms with Crippen molar-refractivity contribution in [2.75, 3.05) is 11.5 Å². The average Bonchev–Trinajstić information content (AvgIpc) is 2.54. The van der Waals surface area contributed by atoms with Gasteiger partial charge in [0.25, 0.3) is 0 Å². The summed E-state index contributed by atoms with van der Waals surface area (Å²) in [6.45, 7) is 4.55. The molecule has 0 heterocycles. The molecule has 2 heteroatoms. The highest BCUT2D eigenvalue weighted by atomic mass is 32.2. The van der Waals surface area contributed by atoms with Gasteiger partial charge in [0.2, 0.25) is 0 Å². The minimum absolute atomic E-state index is 1.25. The summed E-state index contributed by atoms with van der Waals surface area (Å²) < 4.78 is 0. The van der Waals surface area contributed by atoms with Crippen molar-refractivity contribution in [3.05, 3.63) is 24.3 Å². The maximum Gasteiger partial charge on any atom is 0.00892 e. The van der Waals surface area contributed by atoms with Crippen molar-refractivity contribution in [2.24, 2.45) is 0 Å². The Kier molecular flexibility index (Phi) is 13.2. The van der Waals surface area contributed by atoms with Crippen LogP contribution in [-0.4, -0.2) is 11.5 Å². The Labute approximate surface area is 147 Å². The highest BCUT2D eigenvalue weighted by Gasteiger charge is 1.99. The molecule has 22 heavy (non-hydrogen) atoms. The molecule has 0 nitrogen and oxygen atoms in total. The van der Waals surface area contributed by atoms with Gasteiger partial charge in [0, 0.05) is 9.79 Å². The predicted molar refractivity (Wildman–Crippen MR) is 104 cm³/mol. The number of benzene rings is 1. The second kappa shape index (κ2) is 14.5. The molecular weight excluding hydrogens is 304 g/mol. The number of rotatable bonds is 14. The van der Waals surface area contributed by atoms with Crippen molar-refractivity contribution in [1.82, 2.24) is 0 Å². The standard InChI is InChI=1S/C20H33S2/c1-3-5-7-9-11-16-21-19-14-13-15-20(18-19)22-17-12-10-8-6-4-2/h14-15,18H,3-12,16-17H2,1-2H3. The average molecular weight is 338 g/mol. The highest BCUT2D eigenvalue weighted by molar-refractivity contribution is 8.00. The van der Waals surface area contributed by atoms with Crippen LogP contribution in [-0.2, 0) is 0 Å². The highest BCUT2D eigenvalue weighted by Crippen LogP contribution is 2.26. The molecule has 125 valence electrons. The lowest BCUT2D eigenvalue weighted by Gasteiger charge is -2.05. The Morgan fingerprint density at radius 2 is 1.14 bits per heavy atom. The third-order valence-electron chi connectivity index (χ3n) is 3.77. The zero-order valence-electron chi connectivity index (χ0n) is 14.5. The summed E-state index contributed by atoms with van der Waals surface area (Å²) in [6, 6.07) is 9.94. The Hall–Kier alpha value is -0.0800. The molecule has 0 aromatic heterocycles. The quantitative estimate of drug-likeness (QED) is 0.253. The minimum Gasteiger partial charge on any atom is -0.126 e. The van der Waals surface area contributed by atoms with Gasteiger partial charge in [0.15, 0.2) is 0 Å². The Balaban J connectivity index is 2.13. The predicted octanol–water partition coefficient (Wildman–Crippen LogP) is 7.61. The summed E-state index contributed by atoms with van der Waals surface area (Å²) in [5.41, 5.74) is 0. The molecule has 0 unspecified atom stereocenters. The number of hydrogen-bond acceptors (Lipinski definition) is 2. The molecule has 0 aliphatic carbocycles. The van der Waals surface area contributed by atoms with E-state index in [-0.39, 0.29) is 0 Å². The Morgan fingerprint density at radius 1 is 0.682 bits per heavy atom. The zero-order chi connectivity index (χ0) is 15.9. The molecular formula is C20H33S2. The van der Waals surface area contributed by atoms with E-state index < -0.39 is 0 Å². The molecule has 1 aromatic rings. The van der Waals surface area contributed by atoms with Gasteiger partial charge in [0.1, 0.15) is 0 Å². The maximum atomic E-state index is 3.31. The molecule has 0 atom stereocenters. The van der Waals surface area contributed by atoms with Crippen LogP contribution in [0.1, 0.15) is 78.1 Å². The monoisotopic (exact) mass is 337 g/mol. The van der Waals surface area contributed by atoms with Crippen molar-refractivity contribution in [3.63, 3.8) is 0 Å². The van der Waals surface area contributed by atoms with Crippen molar-refractivity contribution in [2.45, 2.75) is 87.8 Å². The van der Waals surface area contributed by atoms with Crippen LogP contribution < -0.4 is 0 Å². The molecule has 0 saturated heterocycles. The molecule has 0 aliphatic heterocycles. The summed E-state index contributed by atoms with van der Waals surface area (Å²) in [4.78, 5) is 2.79. The SMILES string of the molecule is CCCCCCCSc1c[c]cc(SCCCCCCC)c1. The number of thioether (sulfide) groups is 2. The molecule has 0 bridgehead atoms. The summed E-state index contributed by atoms with van der Waals surface area (Å²) in [6.07, 6.45) is 13.7. The van der Waals surface area contributed by atoms with Gasteiger partial charge in [-0.1, -0.05) is 65.2 Å². The van der Waals surface area contributed by atoms with Crippen molar-refractivity contribution in [3.8, 4) is 0 Å². The Bertz CT molecular complexity index is 331. The molecule has 0 N–H and O–H groups in total. The van der Waals surface area contributed by atoms with E-state index in [0.717, 1.165) is 0 Å². The van der Waals surface area contributed by atoms with E-state index in [4.69, 9.17) is 0 Å². The molecule has 0 aliphatic rings. The first kappa shape index (κ1) is 20.0. The largest absolute Gasteiger partial charge is 0.126 e. The molecule has 0 fully saturated rings. The van der Waals surface area contributed by atoms with Crippen LogP contribution in [0.5, 0.6) is 0 Å². The van der Waals surface area contributed by atoms with Crippen molar-refractivity contribution < 1.29 is 0 Å². The van der Waals surface area contributed by atoms with E-state index in [0.29, 0.717) is 0 Å². The topological polar surface area (TPSA) is 0 Å². The van der Waals surface area contributed by atoms with Crippen molar-refractivity contribution >= 4 is 23.5 Å². The van der Waals surface area contributed by atoms with Crippen LogP contribution in [0.15, 0.2) is 28.0 Å². The molecule has 0 saturated carbocycles. The third kappa shape index (κ3) is 10.6. The third-order valence-corrected chi connectivity index (χ3v) is 5.89. The van der Waals surface area contributed by atoms with Crippen LogP contribution in [0.3, 0.4) is 0 Å². The van der Waals surface area contributed by atoms with E-state index in [1.165, 1.54) is 85.5 Å². The van der Waals surface area contributed by atoms with Crippen LogP contribution >= 0.6 is 23.5 Å². The summed E-state index contributed by atoms with van der Waals surface area (Å²) >= 11 is 4.00. The summed E-state index contributed by atoms with van der Waals surface area (Å²) in [7, 11) is 0. The van der Waals surface area contributed by atoms with E-state index in [2.05, 4.69) is 38.1 Å². The van der Waals surface area contributed by atoms with E-state index >= 15 is 0 Å². The fraction of sp³-hybridized carbons (Fsp3) is 0.700. The number of hydrogen-bond donors (Lipinski definition) is 0. The van der Waals surface area contributed by atoms with Crippen LogP contribution in [0, 0.1) is 6.07 Å². The second-order valence-electron chi connectivity index (χ2n) is 5.93.